The summed E-state index contributed by atoms with van der Waals surface area (Å²) >= 11 is 0. The van der Waals surface area contributed by atoms with Crippen LogP contribution in [-0.2, 0) is 6.42 Å². The van der Waals surface area contributed by atoms with Gasteiger partial charge in [0, 0.05) is 18.5 Å². The summed E-state index contributed by atoms with van der Waals surface area (Å²) in [6.07, 6.45) is 1.05. The maximum absolute atomic E-state index is 5.53. The van der Waals surface area contributed by atoms with Gasteiger partial charge in [0.15, 0.2) is 11.5 Å². The van der Waals surface area contributed by atoms with Crippen molar-refractivity contribution in [1.82, 2.24) is 4.90 Å². The van der Waals surface area contributed by atoms with Crippen LogP contribution >= 0.6 is 0 Å². The van der Waals surface area contributed by atoms with Crippen molar-refractivity contribution in [2.24, 2.45) is 0 Å². The Morgan fingerprint density at radius 2 is 1.70 bits per heavy atom. The van der Waals surface area contributed by atoms with Crippen molar-refractivity contribution in [1.29, 1.82) is 0 Å². The average Bonchev–Trinajstić information content (AvgIpc) is 2.60. The number of rotatable bonds is 4. The zero-order chi connectivity index (χ0) is 16.4. The zero-order valence-corrected chi connectivity index (χ0v) is 14.4. The lowest BCUT2D eigenvalue weighted by atomic mass is 9.82. The van der Waals surface area contributed by atoms with E-state index < -0.39 is 0 Å². The van der Waals surface area contributed by atoms with E-state index in [0.717, 1.165) is 24.5 Å². The molecule has 2 aromatic rings. The van der Waals surface area contributed by atoms with E-state index in [4.69, 9.17) is 9.47 Å². The first-order valence-electron chi connectivity index (χ1n) is 8.15. The van der Waals surface area contributed by atoms with E-state index >= 15 is 0 Å². The minimum absolute atomic E-state index is 0.348. The lowest BCUT2D eigenvalue weighted by Crippen LogP contribution is -2.35. The van der Waals surface area contributed by atoms with E-state index in [2.05, 4.69) is 61.3 Å². The van der Waals surface area contributed by atoms with Gasteiger partial charge >= 0.3 is 0 Å². The monoisotopic (exact) mass is 311 g/mol. The van der Waals surface area contributed by atoms with Crippen LogP contribution < -0.4 is 9.47 Å². The molecule has 0 amide bonds. The molecule has 23 heavy (non-hydrogen) atoms. The Morgan fingerprint density at radius 3 is 2.35 bits per heavy atom. The van der Waals surface area contributed by atoms with Crippen LogP contribution in [0.1, 0.15) is 35.6 Å². The Kier molecular flexibility index (Phi) is 4.58. The third-order valence-corrected chi connectivity index (χ3v) is 4.97. The highest BCUT2D eigenvalue weighted by Gasteiger charge is 2.31. The summed E-state index contributed by atoms with van der Waals surface area (Å²) in [7, 11) is 5.61. The highest BCUT2D eigenvalue weighted by atomic mass is 16.5. The predicted molar refractivity (Wildman–Crippen MR) is 93.5 cm³/mol. The van der Waals surface area contributed by atoms with E-state index in [9.17, 15) is 0 Å². The third-order valence-electron chi connectivity index (χ3n) is 4.97. The molecular formula is C20H25NO2. The third kappa shape index (κ3) is 2.93. The lowest BCUT2D eigenvalue weighted by molar-refractivity contribution is 0.203. The quantitative estimate of drug-likeness (QED) is 0.850. The molecule has 1 aliphatic heterocycles. The van der Waals surface area contributed by atoms with Crippen LogP contribution in [-0.4, -0.2) is 32.7 Å². The predicted octanol–water partition coefficient (Wildman–Crippen LogP) is 4.04. The van der Waals surface area contributed by atoms with Gasteiger partial charge in [-0.05, 0) is 42.3 Å². The second kappa shape index (κ2) is 6.63. The molecule has 0 spiro atoms. The summed E-state index contributed by atoms with van der Waals surface area (Å²) in [4.78, 5) is 2.45. The topological polar surface area (TPSA) is 21.7 Å². The van der Waals surface area contributed by atoms with Crippen LogP contribution in [0.5, 0.6) is 11.5 Å². The molecular weight excluding hydrogens is 286 g/mol. The molecule has 0 bridgehead atoms. The molecule has 1 heterocycles. The van der Waals surface area contributed by atoms with Gasteiger partial charge in [0.2, 0.25) is 0 Å². The minimum Gasteiger partial charge on any atom is -0.493 e. The largest absolute Gasteiger partial charge is 0.493 e. The molecule has 3 nitrogen and oxygen atoms in total. The van der Waals surface area contributed by atoms with Gasteiger partial charge in [-0.2, -0.15) is 0 Å². The van der Waals surface area contributed by atoms with Crippen LogP contribution in [0.2, 0.25) is 0 Å². The highest BCUT2D eigenvalue weighted by molar-refractivity contribution is 5.50. The first-order chi connectivity index (χ1) is 11.2. The molecule has 0 aromatic heterocycles. The van der Waals surface area contributed by atoms with E-state index in [1.54, 1.807) is 14.2 Å². The molecule has 0 radical (unpaired) electrons. The number of nitrogens with zero attached hydrogens (tertiary/aromatic N) is 1. The van der Waals surface area contributed by atoms with Crippen molar-refractivity contribution in [3.05, 3.63) is 59.2 Å². The molecule has 3 rings (SSSR count). The molecule has 0 fully saturated rings. The van der Waals surface area contributed by atoms with Gasteiger partial charge in [-0.15, -0.1) is 0 Å². The summed E-state index contributed by atoms with van der Waals surface area (Å²) < 4.78 is 11.0. The maximum Gasteiger partial charge on any atom is 0.161 e. The summed E-state index contributed by atoms with van der Waals surface area (Å²) in [5, 5.41) is 0. The normalized spacial score (nSPS) is 19.0. The van der Waals surface area contributed by atoms with Gasteiger partial charge in [0.1, 0.15) is 0 Å². The average molecular weight is 311 g/mol. The standard InChI is InChI=1S/C20H25NO2/c1-14(15-8-6-5-7-9-15)20-17-13-19(23-4)18(22-3)12-16(17)10-11-21(20)2/h5-9,12-14,20H,10-11H2,1-4H3. The fraction of sp³-hybridized carbons (Fsp3) is 0.400. The molecule has 0 aliphatic carbocycles. The van der Waals surface area contributed by atoms with Gasteiger partial charge in [-0.25, -0.2) is 0 Å². The van der Waals surface area contributed by atoms with Gasteiger partial charge in [0.25, 0.3) is 0 Å². The first kappa shape index (κ1) is 15.9. The fourth-order valence-corrected chi connectivity index (χ4v) is 3.69. The molecule has 1 aliphatic rings. The van der Waals surface area contributed by atoms with Crippen LogP contribution in [0.15, 0.2) is 42.5 Å². The van der Waals surface area contributed by atoms with E-state index in [1.165, 1.54) is 16.7 Å². The van der Waals surface area contributed by atoms with Gasteiger partial charge < -0.3 is 9.47 Å². The van der Waals surface area contributed by atoms with Crippen molar-refractivity contribution in [3.8, 4) is 11.5 Å². The van der Waals surface area contributed by atoms with Crippen LogP contribution in [0.25, 0.3) is 0 Å². The van der Waals surface area contributed by atoms with E-state index in [1.807, 2.05) is 0 Å². The minimum atomic E-state index is 0.348. The van der Waals surface area contributed by atoms with Gasteiger partial charge in [-0.3, -0.25) is 4.90 Å². The number of hydrogen-bond donors (Lipinski definition) is 0. The second-order valence-corrected chi connectivity index (χ2v) is 6.28. The van der Waals surface area contributed by atoms with Crippen molar-refractivity contribution >= 4 is 0 Å². The summed E-state index contributed by atoms with van der Waals surface area (Å²) in [5.41, 5.74) is 4.09. The van der Waals surface area contributed by atoms with E-state index in [0.29, 0.717) is 12.0 Å². The fourth-order valence-electron chi connectivity index (χ4n) is 3.69. The van der Waals surface area contributed by atoms with Gasteiger partial charge in [-0.1, -0.05) is 37.3 Å². The van der Waals surface area contributed by atoms with Crippen LogP contribution in [0.4, 0.5) is 0 Å². The van der Waals surface area contributed by atoms with Crippen LogP contribution in [0, 0.1) is 0 Å². The second-order valence-electron chi connectivity index (χ2n) is 6.28. The number of hydrogen-bond acceptors (Lipinski definition) is 3. The molecule has 2 atom stereocenters. The smallest absolute Gasteiger partial charge is 0.161 e. The Hall–Kier alpha value is -2.00. The number of methoxy groups -OCH3 is 2. The number of likely N-dealkylation sites (N-methyl/N-ethyl adjacent to an activating group) is 1. The molecule has 122 valence electrons. The molecule has 0 saturated heterocycles. The Labute approximate surface area is 138 Å². The van der Waals surface area contributed by atoms with Crippen molar-refractivity contribution in [2.45, 2.75) is 25.3 Å². The van der Waals surface area contributed by atoms with E-state index in [-0.39, 0.29) is 0 Å². The Bertz CT molecular complexity index is 669. The molecule has 3 heteroatoms. The summed E-state index contributed by atoms with van der Waals surface area (Å²) in [6.45, 7) is 3.37. The number of ether oxygens (including phenoxy) is 2. The SMILES string of the molecule is COc1cc2c(cc1OC)C(C(C)c1ccccc1)N(C)CC2. The molecule has 0 saturated carbocycles. The van der Waals surface area contributed by atoms with Crippen molar-refractivity contribution < 1.29 is 9.47 Å². The molecule has 2 unspecified atom stereocenters. The zero-order valence-electron chi connectivity index (χ0n) is 14.4. The Balaban J connectivity index is 2.05. The molecule has 2 aromatic carbocycles. The number of fused-ring (bicyclic) bond motifs is 1. The lowest BCUT2D eigenvalue weighted by Gasteiger charge is -2.39. The van der Waals surface area contributed by atoms with Crippen LogP contribution in [0.3, 0.4) is 0 Å². The van der Waals surface area contributed by atoms with Gasteiger partial charge in [0.05, 0.1) is 14.2 Å². The highest BCUT2D eigenvalue weighted by Crippen LogP contribution is 2.43. The summed E-state index contributed by atoms with van der Waals surface area (Å²) in [5.74, 6) is 2.05. The maximum atomic E-state index is 5.53. The van der Waals surface area contributed by atoms with Crippen molar-refractivity contribution in [3.63, 3.8) is 0 Å². The number of benzene rings is 2. The van der Waals surface area contributed by atoms with Crippen molar-refractivity contribution in [2.75, 3.05) is 27.8 Å². The first-order valence-corrected chi connectivity index (χ1v) is 8.15. The summed E-state index contributed by atoms with van der Waals surface area (Å²) in [6, 6.07) is 15.4. The Morgan fingerprint density at radius 1 is 1.04 bits per heavy atom. The molecule has 0 N–H and O–H groups in total.